The average molecular weight is 154 g/mol. The van der Waals surface area contributed by atoms with Crippen molar-refractivity contribution in [3.8, 4) is 0 Å². The fourth-order valence-electron chi connectivity index (χ4n) is 2.60. The molecule has 0 heteroatoms. The maximum absolute atomic E-state index is 2.43. The van der Waals surface area contributed by atoms with E-state index in [1.54, 1.807) is 0 Å². The molecule has 3 unspecified atom stereocenters. The molecule has 1 fully saturated rings. The Balaban J connectivity index is 2.36. The van der Waals surface area contributed by atoms with Crippen LogP contribution in [-0.2, 0) is 0 Å². The molecule has 0 aliphatic heterocycles. The van der Waals surface area contributed by atoms with E-state index in [0.29, 0.717) is 0 Å². The Morgan fingerprint density at radius 3 is 2.00 bits per heavy atom. The lowest BCUT2D eigenvalue weighted by atomic mass is 9.60. The van der Waals surface area contributed by atoms with Crippen LogP contribution in [-0.4, -0.2) is 0 Å². The molecule has 1 saturated carbocycles. The van der Waals surface area contributed by atoms with E-state index in [2.05, 4.69) is 27.7 Å². The van der Waals surface area contributed by atoms with Gasteiger partial charge in [-0.1, -0.05) is 40.5 Å². The van der Waals surface area contributed by atoms with Crippen LogP contribution >= 0.6 is 0 Å². The summed E-state index contributed by atoms with van der Waals surface area (Å²) in [6.07, 6.45) is 4.27. The van der Waals surface area contributed by atoms with Crippen LogP contribution in [0.1, 0.15) is 47.0 Å². The van der Waals surface area contributed by atoms with Gasteiger partial charge in [0.2, 0.25) is 0 Å². The normalized spacial score (nSPS) is 37.4. The molecule has 0 bridgehead atoms. The summed E-state index contributed by atoms with van der Waals surface area (Å²) >= 11 is 0. The maximum Gasteiger partial charge on any atom is -0.0355 e. The lowest BCUT2D eigenvalue weighted by molar-refractivity contribution is 0.0444. The van der Waals surface area contributed by atoms with E-state index in [0.717, 1.165) is 23.7 Å². The van der Waals surface area contributed by atoms with Crippen molar-refractivity contribution in [3.63, 3.8) is 0 Å². The highest BCUT2D eigenvalue weighted by Gasteiger charge is 2.37. The van der Waals surface area contributed by atoms with Gasteiger partial charge in [-0.25, -0.2) is 0 Å². The SMILES string of the molecule is CCC(CC)C1CC(C)C1C. The van der Waals surface area contributed by atoms with Crippen molar-refractivity contribution in [2.24, 2.45) is 23.7 Å². The Morgan fingerprint density at radius 2 is 1.73 bits per heavy atom. The van der Waals surface area contributed by atoms with Crippen molar-refractivity contribution in [2.75, 3.05) is 0 Å². The summed E-state index contributed by atoms with van der Waals surface area (Å²) in [5.41, 5.74) is 0. The summed E-state index contributed by atoms with van der Waals surface area (Å²) in [5.74, 6) is 4.07. The smallest absolute Gasteiger partial charge is 0.0355 e. The maximum atomic E-state index is 2.43. The van der Waals surface area contributed by atoms with Crippen LogP contribution < -0.4 is 0 Å². The lowest BCUT2D eigenvalue weighted by Gasteiger charge is -2.45. The molecule has 0 saturated heterocycles. The Kier molecular flexibility index (Phi) is 2.98. The third-order valence-electron chi connectivity index (χ3n) is 3.87. The van der Waals surface area contributed by atoms with Gasteiger partial charge in [-0.3, -0.25) is 0 Å². The predicted molar refractivity (Wildman–Crippen MR) is 50.5 cm³/mol. The van der Waals surface area contributed by atoms with Crippen LogP contribution in [0.4, 0.5) is 0 Å². The molecular formula is C11H22. The van der Waals surface area contributed by atoms with Crippen molar-refractivity contribution in [2.45, 2.75) is 47.0 Å². The van der Waals surface area contributed by atoms with E-state index in [1.165, 1.54) is 19.3 Å². The van der Waals surface area contributed by atoms with E-state index >= 15 is 0 Å². The highest BCUT2D eigenvalue weighted by Crippen LogP contribution is 2.45. The zero-order valence-electron chi connectivity index (χ0n) is 8.43. The Bertz CT molecular complexity index is 113. The first kappa shape index (κ1) is 9.09. The predicted octanol–water partition coefficient (Wildman–Crippen LogP) is 3.71. The number of hydrogen-bond acceptors (Lipinski definition) is 0. The topological polar surface area (TPSA) is 0 Å². The minimum Gasteiger partial charge on any atom is -0.0651 e. The van der Waals surface area contributed by atoms with Gasteiger partial charge in [0, 0.05) is 0 Å². The summed E-state index contributed by atoms with van der Waals surface area (Å²) in [4.78, 5) is 0. The van der Waals surface area contributed by atoms with E-state index in [4.69, 9.17) is 0 Å². The van der Waals surface area contributed by atoms with Crippen LogP contribution in [0.25, 0.3) is 0 Å². The van der Waals surface area contributed by atoms with E-state index in [-0.39, 0.29) is 0 Å². The minimum atomic E-state index is 1.000. The molecule has 3 atom stereocenters. The third-order valence-corrected chi connectivity index (χ3v) is 3.87. The van der Waals surface area contributed by atoms with Gasteiger partial charge >= 0.3 is 0 Å². The molecule has 1 rings (SSSR count). The van der Waals surface area contributed by atoms with E-state index < -0.39 is 0 Å². The largest absolute Gasteiger partial charge is 0.0651 e. The first-order valence-corrected chi connectivity index (χ1v) is 5.20. The monoisotopic (exact) mass is 154 g/mol. The van der Waals surface area contributed by atoms with Crippen molar-refractivity contribution in [1.82, 2.24) is 0 Å². The first-order chi connectivity index (χ1) is 5.20. The molecular weight excluding hydrogens is 132 g/mol. The Hall–Kier alpha value is 0. The van der Waals surface area contributed by atoms with Crippen molar-refractivity contribution in [1.29, 1.82) is 0 Å². The second-order valence-corrected chi connectivity index (χ2v) is 4.31. The number of rotatable bonds is 3. The van der Waals surface area contributed by atoms with Gasteiger partial charge in [0.1, 0.15) is 0 Å². The quantitative estimate of drug-likeness (QED) is 0.581. The third kappa shape index (κ3) is 1.60. The van der Waals surface area contributed by atoms with Gasteiger partial charge < -0.3 is 0 Å². The summed E-state index contributed by atoms with van der Waals surface area (Å²) < 4.78 is 0. The fourth-order valence-corrected chi connectivity index (χ4v) is 2.60. The van der Waals surface area contributed by atoms with Gasteiger partial charge in [-0.2, -0.15) is 0 Å². The molecule has 1 aliphatic rings. The van der Waals surface area contributed by atoms with E-state index in [9.17, 15) is 0 Å². The van der Waals surface area contributed by atoms with Crippen LogP contribution in [0.2, 0.25) is 0 Å². The lowest BCUT2D eigenvalue weighted by Crippen LogP contribution is -2.37. The molecule has 0 radical (unpaired) electrons. The molecule has 0 aromatic carbocycles. The van der Waals surface area contributed by atoms with Gasteiger partial charge in [0.05, 0.1) is 0 Å². The summed E-state index contributed by atoms with van der Waals surface area (Å²) in [6, 6.07) is 0. The van der Waals surface area contributed by atoms with Gasteiger partial charge in [-0.15, -0.1) is 0 Å². The summed E-state index contributed by atoms with van der Waals surface area (Å²) in [6.45, 7) is 9.49. The van der Waals surface area contributed by atoms with Crippen LogP contribution in [0, 0.1) is 23.7 Å². The van der Waals surface area contributed by atoms with Crippen molar-refractivity contribution >= 4 is 0 Å². The zero-order chi connectivity index (χ0) is 8.43. The van der Waals surface area contributed by atoms with Gasteiger partial charge in [0.15, 0.2) is 0 Å². The molecule has 66 valence electrons. The van der Waals surface area contributed by atoms with Gasteiger partial charge in [-0.05, 0) is 30.1 Å². The number of hydrogen-bond donors (Lipinski definition) is 0. The molecule has 0 spiro atoms. The molecule has 0 N–H and O–H groups in total. The standard InChI is InChI=1S/C11H22/c1-5-10(6-2)11-7-8(3)9(11)4/h8-11H,5-7H2,1-4H3. The molecule has 1 aliphatic carbocycles. The molecule has 0 aromatic heterocycles. The van der Waals surface area contributed by atoms with Crippen LogP contribution in [0.3, 0.4) is 0 Å². The van der Waals surface area contributed by atoms with E-state index in [1.807, 2.05) is 0 Å². The molecule has 11 heavy (non-hydrogen) atoms. The molecule has 0 heterocycles. The Morgan fingerprint density at radius 1 is 1.18 bits per heavy atom. The Labute approximate surface area is 71.4 Å². The molecule has 0 amide bonds. The molecule has 0 aromatic rings. The van der Waals surface area contributed by atoms with Crippen LogP contribution in [0.15, 0.2) is 0 Å². The highest BCUT2D eigenvalue weighted by molar-refractivity contribution is 4.87. The van der Waals surface area contributed by atoms with Gasteiger partial charge in [0.25, 0.3) is 0 Å². The highest BCUT2D eigenvalue weighted by atomic mass is 14.4. The second-order valence-electron chi connectivity index (χ2n) is 4.31. The summed E-state index contributed by atoms with van der Waals surface area (Å²) in [7, 11) is 0. The van der Waals surface area contributed by atoms with Crippen molar-refractivity contribution in [3.05, 3.63) is 0 Å². The summed E-state index contributed by atoms with van der Waals surface area (Å²) in [5, 5.41) is 0. The fraction of sp³-hybridized carbons (Fsp3) is 1.00. The average Bonchev–Trinajstić information content (AvgIpc) is 2.05. The first-order valence-electron chi connectivity index (χ1n) is 5.20. The van der Waals surface area contributed by atoms with Crippen molar-refractivity contribution < 1.29 is 0 Å². The van der Waals surface area contributed by atoms with Crippen LogP contribution in [0.5, 0.6) is 0 Å². The second kappa shape index (κ2) is 3.60. The minimum absolute atomic E-state index is 1.000. The molecule has 0 nitrogen and oxygen atoms in total. The zero-order valence-corrected chi connectivity index (χ0v) is 8.43.